The summed E-state index contributed by atoms with van der Waals surface area (Å²) in [5.74, 6) is 0.0174. The van der Waals surface area contributed by atoms with E-state index < -0.39 is 0 Å². The number of benzene rings is 1. The van der Waals surface area contributed by atoms with E-state index in [1.807, 2.05) is 49.0 Å². The summed E-state index contributed by atoms with van der Waals surface area (Å²) in [5.41, 5.74) is 2.87. The van der Waals surface area contributed by atoms with Gasteiger partial charge in [0.15, 0.2) is 0 Å². The fourth-order valence-electron chi connectivity index (χ4n) is 1.70. The van der Waals surface area contributed by atoms with Gasteiger partial charge in [0.2, 0.25) is 5.91 Å². The van der Waals surface area contributed by atoms with Crippen LogP contribution in [0.3, 0.4) is 0 Å². The van der Waals surface area contributed by atoms with Gasteiger partial charge in [0.1, 0.15) is 0 Å². The molecule has 1 aromatic heterocycles. The van der Waals surface area contributed by atoms with Gasteiger partial charge in [0, 0.05) is 31.0 Å². The molecule has 0 unspecified atom stereocenters. The SMILES string of the molecule is CCC(=O)Nc1cccc(NCc2cncn2C)c1. The summed E-state index contributed by atoms with van der Waals surface area (Å²) in [7, 11) is 1.96. The summed E-state index contributed by atoms with van der Waals surface area (Å²) in [6, 6.07) is 7.68. The minimum Gasteiger partial charge on any atom is -0.379 e. The lowest BCUT2D eigenvalue weighted by Crippen LogP contribution is -2.10. The van der Waals surface area contributed by atoms with Gasteiger partial charge in [0.05, 0.1) is 18.6 Å². The standard InChI is InChI=1S/C14H18N4O/c1-3-14(19)17-12-6-4-5-11(7-12)16-9-13-8-15-10-18(13)2/h4-8,10,16H,3,9H2,1-2H3,(H,17,19). The van der Waals surface area contributed by atoms with E-state index in [1.165, 1.54) is 0 Å². The number of amides is 1. The number of anilines is 2. The highest BCUT2D eigenvalue weighted by atomic mass is 16.1. The molecule has 0 fully saturated rings. The van der Waals surface area contributed by atoms with Gasteiger partial charge in [-0.15, -0.1) is 0 Å². The van der Waals surface area contributed by atoms with E-state index in [0.29, 0.717) is 13.0 Å². The highest BCUT2D eigenvalue weighted by Crippen LogP contribution is 2.16. The molecule has 0 radical (unpaired) electrons. The van der Waals surface area contributed by atoms with E-state index in [1.54, 1.807) is 6.33 Å². The molecular weight excluding hydrogens is 240 g/mol. The number of hydrogen-bond donors (Lipinski definition) is 2. The lowest BCUT2D eigenvalue weighted by Gasteiger charge is -2.09. The average molecular weight is 258 g/mol. The van der Waals surface area contributed by atoms with Crippen molar-refractivity contribution in [1.82, 2.24) is 9.55 Å². The first-order chi connectivity index (χ1) is 9.19. The quantitative estimate of drug-likeness (QED) is 0.865. The molecule has 0 aliphatic rings. The number of aryl methyl sites for hydroxylation is 1. The van der Waals surface area contributed by atoms with Crippen molar-refractivity contribution in [3.63, 3.8) is 0 Å². The maximum absolute atomic E-state index is 11.3. The second-order valence-electron chi connectivity index (χ2n) is 4.33. The minimum atomic E-state index is 0.0174. The van der Waals surface area contributed by atoms with Gasteiger partial charge >= 0.3 is 0 Å². The van der Waals surface area contributed by atoms with Crippen LogP contribution in [-0.4, -0.2) is 15.5 Å². The van der Waals surface area contributed by atoms with Crippen LogP contribution in [0, 0.1) is 0 Å². The number of rotatable bonds is 5. The molecule has 1 heterocycles. The molecule has 5 nitrogen and oxygen atoms in total. The Morgan fingerprint density at radius 3 is 2.84 bits per heavy atom. The molecule has 2 aromatic rings. The van der Waals surface area contributed by atoms with Crippen molar-refractivity contribution >= 4 is 17.3 Å². The molecule has 5 heteroatoms. The summed E-state index contributed by atoms with van der Waals surface area (Å²) in [4.78, 5) is 15.4. The van der Waals surface area contributed by atoms with Crippen LogP contribution in [0.1, 0.15) is 19.0 Å². The van der Waals surface area contributed by atoms with E-state index in [-0.39, 0.29) is 5.91 Å². The van der Waals surface area contributed by atoms with Crippen LogP contribution >= 0.6 is 0 Å². The van der Waals surface area contributed by atoms with E-state index in [9.17, 15) is 4.79 Å². The summed E-state index contributed by atoms with van der Waals surface area (Å²) in [5, 5.41) is 6.15. The molecule has 100 valence electrons. The van der Waals surface area contributed by atoms with Crippen molar-refractivity contribution in [1.29, 1.82) is 0 Å². The van der Waals surface area contributed by atoms with Gasteiger partial charge in [-0.05, 0) is 18.2 Å². The summed E-state index contributed by atoms with van der Waals surface area (Å²) in [6.45, 7) is 2.53. The average Bonchev–Trinajstić information content (AvgIpc) is 2.82. The van der Waals surface area contributed by atoms with Gasteiger partial charge < -0.3 is 15.2 Å². The Bertz CT molecular complexity index is 562. The lowest BCUT2D eigenvalue weighted by molar-refractivity contribution is -0.115. The molecular formula is C14H18N4O. The zero-order valence-corrected chi connectivity index (χ0v) is 11.2. The molecule has 0 aliphatic carbocycles. The summed E-state index contributed by atoms with van der Waals surface area (Å²) >= 11 is 0. The van der Waals surface area contributed by atoms with Crippen LogP contribution in [0.15, 0.2) is 36.8 Å². The van der Waals surface area contributed by atoms with Crippen LogP contribution in [0.2, 0.25) is 0 Å². The van der Waals surface area contributed by atoms with Gasteiger partial charge in [-0.25, -0.2) is 4.98 Å². The number of imidazole rings is 1. The second kappa shape index (κ2) is 6.04. The zero-order chi connectivity index (χ0) is 13.7. The minimum absolute atomic E-state index is 0.0174. The molecule has 0 saturated carbocycles. The largest absolute Gasteiger partial charge is 0.379 e. The van der Waals surface area contributed by atoms with Crippen molar-refractivity contribution < 1.29 is 4.79 Å². The molecule has 2 N–H and O–H groups in total. The third-order valence-electron chi connectivity index (χ3n) is 2.86. The van der Waals surface area contributed by atoms with Crippen LogP contribution in [0.5, 0.6) is 0 Å². The first-order valence-electron chi connectivity index (χ1n) is 6.28. The highest BCUT2D eigenvalue weighted by Gasteiger charge is 2.01. The molecule has 0 spiro atoms. The van der Waals surface area contributed by atoms with Crippen molar-refractivity contribution in [2.75, 3.05) is 10.6 Å². The number of carbonyl (C=O) groups is 1. The first kappa shape index (κ1) is 13.1. The van der Waals surface area contributed by atoms with Crippen molar-refractivity contribution in [3.8, 4) is 0 Å². The van der Waals surface area contributed by atoms with Gasteiger partial charge in [-0.3, -0.25) is 4.79 Å². The highest BCUT2D eigenvalue weighted by molar-refractivity contribution is 5.90. The Kier molecular flexibility index (Phi) is 4.18. The summed E-state index contributed by atoms with van der Waals surface area (Å²) < 4.78 is 1.97. The van der Waals surface area contributed by atoms with E-state index >= 15 is 0 Å². The monoisotopic (exact) mass is 258 g/mol. The Labute approximate surface area is 112 Å². The van der Waals surface area contributed by atoms with Crippen LogP contribution in [-0.2, 0) is 18.4 Å². The van der Waals surface area contributed by atoms with E-state index in [4.69, 9.17) is 0 Å². The predicted octanol–water partition coefficient (Wildman–Crippen LogP) is 2.38. The fourth-order valence-corrected chi connectivity index (χ4v) is 1.70. The van der Waals surface area contributed by atoms with Gasteiger partial charge in [-0.1, -0.05) is 13.0 Å². The Balaban J connectivity index is 1.99. The number of hydrogen-bond acceptors (Lipinski definition) is 3. The molecule has 19 heavy (non-hydrogen) atoms. The smallest absolute Gasteiger partial charge is 0.224 e. The van der Waals surface area contributed by atoms with E-state index in [0.717, 1.165) is 17.1 Å². The first-order valence-corrected chi connectivity index (χ1v) is 6.28. The predicted molar refractivity (Wildman–Crippen MR) is 75.9 cm³/mol. The molecule has 0 bridgehead atoms. The number of nitrogens with zero attached hydrogens (tertiary/aromatic N) is 2. The van der Waals surface area contributed by atoms with Crippen LogP contribution < -0.4 is 10.6 Å². The molecule has 1 amide bonds. The molecule has 0 saturated heterocycles. The molecule has 2 rings (SSSR count). The Morgan fingerprint density at radius 2 is 2.16 bits per heavy atom. The number of carbonyl (C=O) groups excluding carboxylic acids is 1. The van der Waals surface area contributed by atoms with Gasteiger partial charge in [0.25, 0.3) is 0 Å². The number of aromatic nitrogens is 2. The Hall–Kier alpha value is -2.30. The van der Waals surface area contributed by atoms with Crippen LogP contribution in [0.4, 0.5) is 11.4 Å². The van der Waals surface area contributed by atoms with Gasteiger partial charge in [-0.2, -0.15) is 0 Å². The number of nitrogens with one attached hydrogen (secondary N) is 2. The van der Waals surface area contributed by atoms with Crippen molar-refractivity contribution in [2.24, 2.45) is 7.05 Å². The normalized spacial score (nSPS) is 10.2. The third-order valence-corrected chi connectivity index (χ3v) is 2.86. The van der Waals surface area contributed by atoms with Crippen LogP contribution in [0.25, 0.3) is 0 Å². The maximum atomic E-state index is 11.3. The maximum Gasteiger partial charge on any atom is 0.224 e. The fraction of sp³-hybridized carbons (Fsp3) is 0.286. The molecule has 0 aliphatic heterocycles. The van der Waals surface area contributed by atoms with Crippen molar-refractivity contribution in [2.45, 2.75) is 19.9 Å². The second-order valence-corrected chi connectivity index (χ2v) is 4.33. The van der Waals surface area contributed by atoms with Crippen molar-refractivity contribution in [3.05, 3.63) is 42.5 Å². The third kappa shape index (κ3) is 3.58. The summed E-state index contributed by atoms with van der Waals surface area (Å²) in [6.07, 6.45) is 4.08. The van der Waals surface area contributed by atoms with E-state index in [2.05, 4.69) is 15.6 Å². The zero-order valence-electron chi connectivity index (χ0n) is 11.2. The molecule has 0 atom stereocenters. The Morgan fingerprint density at radius 1 is 1.37 bits per heavy atom. The topological polar surface area (TPSA) is 59.0 Å². The molecule has 1 aromatic carbocycles. The lowest BCUT2D eigenvalue weighted by atomic mass is 10.2.